The number of hydrogen-bond acceptors (Lipinski definition) is 1. The molecule has 2 rings (SSSR count). The number of aromatic nitrogens is 1. The van der Waals surface area contributed by atoms with Crippen molar-refractivity contribution in [1.82, 2.24) is 4.98 Å². The van der Waals surface area contributed by atoms with Crippen LogP contribution in [-0.2, 0) is 6.42 Å². The summed E-state index contributed by atoms with van der Waals surface area (Å²) < 4.78 is 0. The molecule has 1 aliphatic rings. The second-order valence-electron chi connectivity index (χ2n) is 4.28. The standard InChI is InChI=1S/C14H19N3/c1-3-5-11-7-9-13(15-11)17-14-10-8-12(16-14)6-4-2/h7-10,15H,3-6H2,1-2H3/b17-14-. The first-order valence-electron chi connectivity index (χ1n) is 6.34. The number of hydrogen-bond donors (Lipinski definition) is 1. The molecule has 0 amide bonds. The zero-order valence-electron chi connectivity index (χ0n) is 10.5. The SMILES string of the molecule is CCCC1=N/C(=N\c2ccc(CCC)[nH]2)C=C1. The molecule has 0 saturated heterocycles. The first kappa shape index (κ1) is 11.8. The van der Waals surface area contributed by atoms with Crippen molar-refractivity contribution in [2.45, 2.75) is 39.5 Å². The minimum Gasteiger partial charge on any atom is -0.344 e. The van der Waals surface area contributed by atoms with Crippen LogP contribution in [0.5, 0.6) is 0 Å². The fraction of sp³-hybridized carbons (Fsp3) is 0.429. The number of amidine groups is 1. The molecule has 0 spiro atoms. The van der Waals surface area contributed by atoms with E-state index < -0.39 is 0 Å². The lowest BCUT2D eigenvalue weighted by Gasteiger charge is -1.93. The Hall–Kier alpha value is -1.64. The predicted octanol–water partition coefficient (Wildman–Crippen LogP) is 3.81. The molecular formula is C14H19N3. The van der Waals surface area contributed by atoms with E-state index in [4.69, 9.17) is 0 Å². The maximum atomic E-state index is 4.48. The summed E-state index contributed by atoms with van der Waals surface area (Å²) in [6, 6.07) is 4.11. The fourth-order valence-electron chi connectivity index (χ4n) is 1.88. The number of allylic oxidation sites excluding steroid dienone is 1. The molecule has 1 aromatic heterocycles. The van der Waals surface area contributed by atoms with Crippen LogP contribution in [0.4, 0.5) is 5.82 Å². The number of H-pyrrole nitrogens is 1. The summed E-state index contributed by atoms with van der Waals surface area (Å²) in [7, 11) is 0. The van der Waals surface area contributed by atoms with Crippen LogP contribution in [0.2, 0.25) is 0 Å². The minimum atomic E-state index is 0.804. The minimum absolute atomic E-state index is 0.804. The molecule has 0 bridgehead atoms. The van der Waals surface area contributed by atoms with Gasteiger partial charge in [-0.15, -0.1) is 0 Å². The summed E-state index contributed by atoms with van der Waals surface area (Å²) in [5.41, 5.74) is 2.37. The Morgan fingerprint density at radius 3 is 2.71 bits per heavy atom. The molecule has 1 aliphatic heterocycles. The first-order chi connectivity index (χ1) is 8.31. The van der Waals surface area contributed by atoms with Gasteiger partial charge >= 0.3 is 0 Å². The van der Waals surface area contributed by atoms with Gasteiger partial charge in [-0.2, -0.15) is 0 Å². The van der Waals surface area contributed by atoms with Crippen LogP contribution in [-0.4, -0.2) is 16.5 Å². The van der Waals surface area contributed by atoms with Crippen molar-refractivity contribution in [3.8, 4) is 0 Å². The number of rotatable bonds is 5. The Kier molecular flexibility index (Phi) is 3.91. The lowest BCUT2D eigenvalue weighted by atomic mass is 10.2. The van der Waals surface area contributed by atoms with Gasteiger partial charge in [-0.1, -0.05) is 26.7 Å². The fourth-order valence-corrected chi connectivity index (χ4v) is 1.88. The highest BCUT2D eigenvalue weighted by molar-refractivity contribution is 6.15. The zero-order valence-corrected chi connectivity index (χ0v) is 10.5. The Balaban J connectivity index is 2.07. The van der Waals surface area contributed by atoms with Gasteiger partial charge in [-0.3, -0.25) is 0 Å². The van der Waals surface area contributed by atoms with Crippen molar-refractivity contribution in [2.75, 3.05) is 0 Å². The van der Waals surface area contributed by atoms with Crippen molar-refractivity contribution in [3.63, 3.8) is 0 Å². The molecule has 3 nitrogen and oxygen atoms in total. The molecule has 0 fully saturated rings. The monoisotopic (exact) mass is 229 g/mol. The topological polar surface area (TPSA) is 40.5 Å². The van der Waals surface area contributed by atoms with E-state index in [2.05, 4.69) is 41.0 Å². The largest absolute Gasteiger partial charge is 0.344 e. The Labute approximate surface area is 102 Å². The molecule has 0 aliphatic carbocycles. The maximum Gasteiger partial charge on any atom is 0.154 e. The van der Waals surface area contributed by atoms with Crippen molar-refractivity contribution in [2.24, 2.45) is 9.98 Å². The number of nitrogens with one attached hydrogen (secondary N) is 1. The van der Waals surface area contributed by atoms with E-state index in [1.54, 1.807) is 0 Å². The summed E-state index contributed by atoms with van der Waals surface area (Å²) in [6.07, 6.45) is 8.41. The van der Waals surface area contributed by atoms with E-state index in [9.17, 15) is 0 Å². The van der Waals surface area contributed by atoms with Crippen molar-refractivity contribution < 1.29 is 0 Å². The number of aliphatic imine (C=N–C) groups is 2. The summed E-state index contributed by atoms with van der Waals surface area (Å²) in [6.45, 7) is 4.33. The smallest absolute Gasteiger partial charge is 0.154 e. The van der Waals surface area contributed by atoms with E-state index in [1.807, 2.05) is 12.1 Å². The average Bonchev–Trinajstić information content (AvgIpc) is 2.91. The summed E-state index contributed by atoms with van der Waals surface area (Å²) in [5.74, 6) is 1.70. The highest BCUT2D eigenvalue weighted by Gasteiger charge is 2.05. The van der Waals surface area contributed by atoms with Gasteiger partial charge in [0.05, 0.1) is 0 Å². The first-order valence-corrected chi connectivity index (χ1v) is 6.34. The number of nitrogens with zero attached hydrogens (tertiary/aromatic N) is 2. The van der Waals surface area contributed by atoms with Gasteiger partial charge in [0.15, 0.2) is 5.84 Å². The van der Waals surface area contributed by atoms with Crippen molar-refractivity contribution >= 4 is 17.4 Å². The summed E-state index contributed by atoms with van der Waals surface area (Å²) in [5, 5.41) is 0. The highest BCUT2D eigenvalue weighted by Crippen LogP contribution is 2.15. The van der Waals surface area contributed by atoms with Crippen LogP contribution in [0.15, 0.2) is 34.3 Å². The zero-order chi connectivity index (χ0) is 12.1. The second kappa shape index (κ2) is 5.62. The lowest BCUT2D eigenvalue weighted by Crippen LogP contribution is -1.89. The van der Waals surface area contributed by atoms with Crippen LogP contribution >= 0.6 is 0 Å². The summed E-state index contributed by atoms with van der Waals surface area (Å²) >= 11 is 0. The van der Waals surface area contributed by atoms with Crippen LogP contribution in [0.25, 0.3) is 0 Å². The Bertz CT molecular complexity index is 464. The van der Waals surface area contributed by atoms with Gasteiger partial charge in [0.25, 0.3) is 0 Å². The van der Waals surface area contributed by atoms with Crippen LogP contribution in [0, 0.1) is 0 Å². The molecule has 0 unspecified atom stereocenters. The molecule has 0 atom stereocenters. The molecule has 1 aromatic rings. The van der Waals surface area contributed by atoms with Gasteiger partial charge < -0.3 is 4.98 Å². The molecule has 1 N–H and O–H groups in total. The number of aromatic amines is 1. The van der Waals surface area contributed by atoms with E-state index in [0.29, 0.717) is 0 Å². The van der Waals surface area contributed by atoms with Gasteiger partial charge in [0.1, 0.15) is 5.82 Å². The third-order valence-electron chi connectivity index (χ3n) is 2.67. The lowest BCUT2D eigenvalue weighted by molar-refractivity contribution is 0.892. The molecular weight excluding hydrogens is 210 g/mol. The third-order valence-corrected chi connectivity index (χ3v) is 2.67. The van der Waals surface area contributed by atoms with Gasteiger partial charge in [0.2, 0.25) is 0 Å². The molecule has 3 heteroatoms. The summed E-state index contributed by atoms with van der Waals surface area (Å²) in [4.78, 5) is 12.2. The Morgan fingerprint density at radius 1 is 1.12 bits per heavy atom. The van der Waals surface area contributed by atoms with Crippen LogP contribution in [0.1, 0.15) is 38.8 Å². The number of aryl methyl sites for hydroxylation is 1. The van der Waals surface area contributed by atoms with E-state index in [1.165, 1.54) is 5.69 Å². The average molecular weight is 229 g/mol. The van der Waals surface area contributed by atoms with E-state index in [-0.39, 0.29) is 0 Å². The Morgan fingerprint density at radius 2 is 1.94 bits per heavy atom. The van der Waals surface area contributed by atoms with Crippen LogP contribution < -0.4 is 0 Å². The van der Waals surface area contributed by atoms with Crippen molar-refractivity contribution in [3.05, 3.63) is 30.0 Å². The predicted molar refractivity (Wildman–Crippen MR) is 73.4 cm³/mol. The third kappa shape index (κ3) is 3.16. The quantitative estimate of drug-likeness (QED) is 0.797. The van der Waals surface area contributed by atoms with E-state index in [0.717, 1.165) is 43.0 Å². The molecule has 0 saturated carbocycles. The van der Waals surface area contributed by atoms with Crippen molar-refractivity contribution in [1.29, 1.82) is 0 Å². The van der Waals surface area contributed by atoms with Gasteiger partial charge in [-0.25, -0.2) is 9.98 Å². The second-order valence-corrected chi connectivity index (χ2v) is 4.28. The molecule has 0 aromatic carbocycles. The van der Waals surface area contributed by atoms with Gasteiger partial charge in [0, 0.05) is 11.4 Å². The van der Waals surface area contributed by atoms with Gasteiger partial charge in [-0.05, 0) is 37.1 Å². The normalized spacial score (nSPS) is 16.8. The molecule has 90 valence electrons. The molecule has 2 heterocycles. The molecule has 17 heavy (non-hydrogen) atoms. The molecule has 0 radical (unpaired) electrons. The van der Waals surface area contributed by atoms with E-state index >= 15 is 0 Å². The van der Waals surface area contributed by atoms with Crippen LogP contribution in [0.3, 0.4) is 0 Å². The maximum absolute atomic E-state index is 4.48. The highest BCUT2D eigenvalue weighted by atomic mass is 15.0.